The summed E-state index contributed by atoms with van der Waals surface area (Å²) < 4.78 is 5.44. The summed E-state index contributed by atoms with van der Waals surface area (Å²) in [5, 5.41) is 3.40. The predicted octanol–water partition coefficient (Wildman–Crippen LogP) is 3.44. The van der Waals surface area contributed by atoms with Crippen molar-refractivity contribution in [1.82, 2.24) is 5.32 Å². The molecule has 110 valence electrons. The van der Waals surface area contributed by atoms with E-state index in [0.29, 0.717) is 6.61 Å². The van der Waals surface area contributed by atoms with E-state index in [2.05, 4.69) is 12.2 Å². The van der Waals surface area contributed by atoms with E-state index in [1.807, 2.05) is 31.2 Å². The molecular formula is C17H25NO2. The highest BCUT2D eigenvalue weighted by Crippen LogP contribution is 2.35. The zero-order valence-electron chi connectivity index (χ0n) is 12.6. The number of nitrogens with one attached hydrogen (secondary N) is 1. The van der Waals surface area contributed by atoms with Gasteiger partial charge in [-0.1, -0.05) is 13.3 Å². The lowest BCUT2D eigenvalue weighted by molar-refractivity contribution is 0.0718. The van der Waals surface area contributed by atoms with Gasteiger partial charge in [-0.3, -0.25) is 4.79 Å². The van der Waals surface area contributed by atoms with Gasteiger partial charge in [0, 0.05) is 17.5 Å². The first-order chi connectivity index (χ1) is 9.72. The summed E-state index contributed by atoms with van der Waals surface area (Å²) in [7, 11) is 0. The predicted molar refractivity (Wildman–Crippen MR) is 81.4 cm³/mol. The Kier molecular flexibility index (Phi) is 5.18. The van der Waals surface area contributed by atoms with Gasteiger partial charge in [0.1, 0.15) is 5.75 Å². The lowest BCUT2D eigenvalue weighted by Crippen LogP contribution is -2.45. The number of ether oxygens (including phenoxy) is 1. The Bertz CT molecular complexity index is 427. The van der Waals surface area contributed by atoms with E-state index >= 15 is 0 Å². The summed E-state index contributed by atoms with van der Waals surface area (Å²) >= 11 is 0. The lowest BCUT2D eigenvalue weighted by atomic mass is 9.71. The molecule has 0 spiro atoms. The third-order valence-corrected chi connectivity index (χ3v) is 4.11. The average Bonchev–Trinajstić information content (AvgIpc) is 2.49. The van der Waals surface area contributed by atoms with Gasteiger partial charge in [-0.05, 0) is 57.0 Å². The molecule has 1 aliphatic rings. The van der Waals surface area contributed by atoms with Crippen molar-refractivity contribution in [1.29, 1.82) is 0 Å². The number of carbonyl (C=O) groups is 1. The van der Waals surface area contributed by atoms with Crippen molar-refractivity contribution in [3.8, 4) is 5.75 Å². The first-order valence-electron chi connectivity index (χ1n) is 7.70. The molecular weight excluding hydrogens is 250 g/mol. The number of hydrogen-bond acceptors (Lipinski definition) is 3. The van der Waals surface area contributed by atoms with E-state index in [1.54, 1.807) is 0 Å². The molecule has 1 atom stereocenters. The Balaban J connectivity index is 2.18. The number of hydrogen-bond donors (Lipinski definition) is 1. The number of carbonyl (C=O) groups excluding carboxylic acids is 1. The standard InChI is InChI=1S/C17H25NO2/c1-3-10-17(11-5-12-18-13-17)16(19)14-6-8-15(9-7-14)20-4-2/h6-9,18H,3-5,10-13H2,1-2H3. The molecule has 2 rings (SSSR count). The van der Waals surface area contributed by atoms with E-state index < -0.39 is 0 Å². The number of Topliss-reactive ketones (excluding diaryl/α,β-unsaturated/α-hetero) is 1. The van der Waals surface area contributed by atoms with Crippen LogP contribution in [0.2, 0.25) is 0 Å². The molecule has 1 heterocycles. The summed E-state index contributed by atoms with van der Waals surface area (Å²) in [4.78, 5) is 12.9. The second-order valence-electron chi connectivity index (χ2n) is 5.60. The average molecular weight is 275 g/mol. The van der Waals surface area contributed by atoms with Crippen molar-refractivity contribution in [3.05, 3.63) is 29.8 Å². The van der Waals surface area contributed by atoms with Gasteiger partial charge in [0.2, 0.25) is 0 Å². The zero-order chi connectivity index (χ0) is 14.4. The summed E-state index contributed by atoms with van der Waals surface area (Å²) in [5.74, 6) is 1.12. The Labute approximate surface area is 121 Å². The highest BCUT2D eigenvalue weighted by atomic mass is 16.5. The van der Waals surface area contributed by atoms with Crippen LogP contribution in [0.15, 0.2) is 24.3 Å². The molecule has 1 N–H and O–H groups in total. The van der Waals surface area contributed by atoms with Crippen LogP contribution in [0.5, 0.6) is 5.75 Å². The van der Waals surface area contributed by atoms with E-state index in [1.165, 1.54) is 0 Å². The fourth-order valence-corrected chi connectivity index (χ4v) is 3.14. The van der Waals surface area contributed by atoms with Crippen LogP contribution in [-0.2, 0) is 0 Å². The van der Waals surface area contributed by atoms with Crippen LogP contribution in [-0.4, -0.2) is 25.5 Å². The van der Waals surface area contributed by atoms with Crippen LogP contribution >= 0.6 is 0 Å². The molecule has 0 aliphatic carbocycles. The Morgan fingerprint density at radius 2 is 2.05 bits per heavy atom. The van der Waals surface area contributed by atoms with Gasteiger partial charge in [0.25, 0.3) is 0 Å². The van der Waals surface area contributed by atoms with Crippen molar-refractivity contribution in [2.45, 2.75) is 39.5 Å². The smallest absolute Gasteiger partial charge is 0.170 e. The van der Waals surface area contributed by atoms with Gasteiger partial charge in [0.15, 0.2) is 5.78 Å². The molecule has 1 aromatic carbocycles. The van der Waals surface area contributed by atoms with Gasteiger partial charge < -0.3 is 10.1 Å². The van der Waals surface area contributed by atoms with E-state index in [9.17, 15) is 4.79 Å². The molecule has 1 unspecified atom stereocenters. The SMILES string of the molecule is CCCC1(C(=O)c2ccc(OCC)cc2)CCCNC1. The molecule has 3 nitrogen and oxygen atoms in total. The van der Waals surface area contributed by atoms with Gasteiger partial charge in [0.05, 0.1) is 6.61 Å². The second-order valence-corrected chi connectivity index (χ2v) is 5.60. The van der Waals surface area contributed by atoms with E-state index in [0.717, 1.165) is 50.1 Å². The van der Waals surface area contributed by atoms with Gasteiger partial charge in [-0.15, -0.1) is 0 Å². The zero-order valence-corrected chi connectivity index (χ0v) is 12.6. The second kappa shape index (κ2) is 6.89. The summed E-state index contributed by atoms with van der Waals surface area (Å²) in [6.07, 6.45) is 4.10. The number of benzene rings is 1. The normalized spacial score (nSPS) is 22.5. The molecule has 0 saturated carbocycles. The topological polar surface area (TPSA) is 38.3 Å². The minimum atomic E-state index is -0.208. The number of rotatable bonds is 6. The number of ketones is 1. The van der Waals surface area contributed by atoms with Crippen LogP contribution in [0.3, 0.4) is 0 Å². The molecule has 20 heavy (non-hydrogen) atoms. The minimum Gasteiger partial charge on any atom is -0.494 e. The fourth-order valence-electron chi connectivity index (χ4n) is 3.14. The fraction of sp³-hybridized carbons (Fsp3) is 0.588. The first kappa shape index (κ1) is 15.0. The molecule has 1 fully saturated rings. The van der Waals surface area contributed by atoms with E-state index in [-0.39, 0.29) is 11.2 Å². The van der Waals surface area contributed by atoms with Gasteiger partial charge in [-0.25, -0.2) is 0 Å². The molecule has 0 aromatic heterocycles. The molecule has 1 aromatic rings. The highest BCUT2D eigenvalue weighted by molar-refractivity contribution is 6.00. The third kappa shape index (κ3) is 3.21. The molecule has 3 heteroatoms. The molecule has 1 aliphatic heterocycles. The van der Waals surface area contributed by atoms with Crippen LogP contribution < -0.4 is 10.1 Å². The Morgan fingerprint density at radius 1 is 1.30 bits per heavy atom. The lowest BCUT2D eigenvalue weighted by Gasteiger charge is -2.36. The maximum Gasteiger partial charge on any atom is 0.170 e. The molecule has 0 amide bonds. The van der Waals surface area contributed by atoms with Crippen molar-refractivity contribution in [2.24, 2.45) is 5.41 Å². The molecule has 0 bridgehead atoms. The van der Waals surface area contributed by atoms with Crippen molar-refractivity contribution >= 4 is 5.78 Å². The third-order valence-electron chi connectivity index (χ3n) is 4.11. The number of piperidine rings is 1. The van der Waals surface area contributed by atoms with Crippen LogP contribution in [0.1, 0.15) is 49.9 Å². The van der Waals surface area contributed by atoms with E-state index in [4.69, 9.17) is 4.74 Å². The maximum absolute atomic E-state index is 12.9. The highest BCUT2D eigenvalue weighted by Gasteiger charge is 2.38. The van der Waals surface area contributed by atoms with Crippen LogP contribution in [0.4, 0.5) is 0 Å². The monoisotopic (exact) mass is 275 g/mol. The Hall–Kier alpha value is -1.35. The Morgan fingerprint density at radius 3 is 2.60 bits per heavy atom. The largest absolute Gasteiger partial charge is 0.494 e. The summed E-state index contributed by atoms with van der Waals surface area (Å²) in [6.45, 7) is 6.61. The molecule has 0 radical (unpaired) electrons. The summed E-state index contributed by atoms with van der Waals surface area (Å²) in [6, 6.07) is 7.60. The van der Waals surface area contributed by atoms with Crippen molar-refractivity contribution in [2.75, 3.05) is 19.7 Å². The summed E-state index contributed by atoms with van der Waals surface area (Å²) in [5.41, 5.74) is 0.603. The van der Waals surface area contributed by atoms with Crippen molar-refractivity contribution in [3.63, 3.8) is 0 Å². The first-order valence-corrected chi connectivity index (χ1v) is 7.70. The minimum absolute atomic E-state index is 0.208. The van der Waals surface area contributed by atoms with Gasteiger partial charge in [-0.2, -0.15) is 0 Å². The van der Waals surface area contributed by atoms with Crippen LogP contribution in [0, 0.1) is 5.41 Å². The van der Waals surface area contributed by atoms with Gasteiger partial charge >= 0.3 is 0 Å². The quantitative estimate of drug-likeness (QED) is 0.808. The van der Waals surface area contributed by atoms with Crippen LogP contribution in [0.25, 0.3) is 0 Å². The molecule has 1 saturated heterocycles. The van der Waals surface area contributed by atoms with Crippen molar-refractivity contribution < 1.29 is 9.53 Å². The maximum atomic E-state index is 12.9.